The van der Waals surface area contributed by atoms with E-state index in [9.17, 15) is 4.79 Å². The Kier molecular flexibility index (Phi) is 4.80. The van der Waals surface area contributed by atoms with Crippen molar-refractivity contribution >= 4 is 11.6 Å². The molecule has 0 aromatic heterocycles. The van der Waals surface area contributed by atoms with Crippen molar-refractivity contribution in [1.82, 2.24) is 5.32 Å². The first-order valence-electron chi connectivity index (χ1n) is 6.96. The number of carbonyl (C=O) groups excluding carboxylic acids is 1. The predicted octanol–water partition coefficient (Wildman–Crippen LogP) is 2.55. The normalized spacial score (nSPS) is 19.2. The summed E-state index contributed by atoms with van der Waals surface area (Å²) in [5.41, 5.74) is 0.813. The molecule has 0 bridgehead atoms. The van der Waals surface area contributed by atoms with Crippen LogP contribution in [0, 0.1) is 0 Å². The van der Waals surface area contributed by atoms with Crippen molar-refractivity contribution in [2.75, 3.05) is 11.9 Å². The average molecular weight is 262 g/mol. The van der Waals surface area contributed by atoms with Crippen LogP contribution >= 0.6 is 0 Å². The molecular weight excluding hydrogens is 240 g/mol. The largest absolute Gasteiger partial charge is 0.491 e. The second kappa shape index (κ2) is 6.57. The van der Waals surface area contributed by atoms with Gasteiger partial charge in [-0.05, 0) is 57.5 Å². The summed E-state index contributed by atoms with van der Waals surface area (Å²) in [6.45, 7) is 4.91. The van der Waals surface area contributed by atoms with E-state index < -0.39 is 0 Å². The topological polar surface area (TPSA) is 50.4 Å². The SMILES string of the molecule is CC(C)Oc1ccc(NC(=O)[C@H]2CCCCN2)cc1. The highest BCUT2D eigenvalue weighted by Crippen LogP contribution is 2.17. The van der Waals surface area contributed by atoms with Crippen LogP contribution in [-0.2, 0) is 4.79 Å². The van der Waals surface area contributed by atoms with Crippen molar-refractivity contribution in [1.29, 1.82) is 0 Å². The van der Waals surface area contributed by atoms with E-state index in [1.165, 1.54) is 0 Å². The number of amides is 1. The molecule has 4 heteroatoms. The molecule has 0 unspecified atom stereocenters. The van der Waals surface area contributed by atoms with E-state index in [1.807, 2.05) is 38.1 Å². The summed E-state index contributed by atoms with van der Waals surface area (Å²) in [5.74, 6) is 0.876. The number of anilines is 1. The lowest BCUT2D eigenvalue weighted by Crippen LogP contribution is -2.43. The molecule has 4 nitrogen and oxygen atoms in total. The molecule has 1 aliphatic rings. The fraction of sp³-hybridized carbons (Fsp3) is 0.533. The molecule has 0 saturated carbocycles. The third-order valence-corrected chi connectivity index (χ3v) is 3.12. The third kappa shape index (κ3) is 4.24. The lowest BCUT2D eigenvalue weighted by atomic mass is 10.0. The summed E-state index contributed by atoms with van der Waals surface area (Å²) in [4.78, 5) is 12.0. The first-order valence-corrected chi connectivity index (χ1v) is 6.96. The molecule has 0 spiro atoms. The van der Waals surface area contributed by atoms with E-state index >= 15 is 0 Å². The summed E-state index contributed by atoms with van der Waals surface area (Å²) in [6, 6.07) is 7.45. The van der Waals surface area contributed by atoms with Crippen LogP contribution in [0.5, 0.6) is 5.75 Å². The van der Waals surface area contributed by atoms with Crippen molar-refractivity contribution in [3.8, 4) is 5.75 Å². The number of nitrogens with one attached hydrogen (secondary N) is 2. The van der Waals surface area contributed by atoms with E-state index in [1.54, 1.807) is 0 Å². The number of rotatable bonds is 4. The van der Waals surface area contributed by atoms with Gasteiger partial charge in [-0.2, -0.15) is 0 Å². The standard InChI is InChI=1S/C15H22N2O2/c1-11(2)19-13-8-6-12(7-9-13)17-15(18)14-5-3-4-10-16-14/h6-9,11,14,16H,3-5,10H2,1-2H3,(H,17,18)/t14-/m1/s1. The molecule has 1 fully saturated rings. The summed E-state index contributed by atoms with van der Waals surface area (Å²) < 4.78 is 5.57. The fourth-order valence-electron chi connectivity index (χ4n) is 2.19. The lowest BCUT2D eigenvalue weighted by molar-refractivity contribution is -0.118. The molecule has 104 valence electrons. The van der Waals surface area contributed by atoms with Crippen molar-refractivity contribution < 1.29 is 9.53 Å². The van der Waals surface area contributed by atoms with Gasteiger partial charge in [0.15, 0.2) is 0 Å². The smallest absolute Gasteiger partial charge is 0.241 e. The predicted molar refractivity (Wildman–Crippen MR) is 76.5 cm³/mol. The van der Waals surface area contributed by atoms with Gasteiger partial charge in [0.25, 0.3) is 0 Å². The van der Waals surface area contributed by atoms with Gasteiger partial charge in [0.05, 0.1) is 12.1 Å². The minimum Gasteiger partial charge on any atom is -0.491 e. The number of piperidine rings is 1. The Labute approximate surface area is 114 Å². The minimum atomic E-state index is -0.0552. The van der Waals surface area contributed by atoms with Crippen LogP contribution in [0.25, 0.3) is 0 Å². The van der Waals surface area contributed by atoms with E-state index in [0.29, 0.717) is 0 Å². The first-order chi connectivity index (χ1) is 9.15. The van der Waals surface area contributed by atoms with Crippen LogP contribution < -0.4 is 15.4 Å². The van der Waals surface area contributed by atoms with E-state index in [0.717, 1.165) is 37.2 Å². The zero-order chi connectivity index (χ0) is 13.7. The van der Waals surface area contributed by atoms with E-state index in [4.69, 9.17) is 4.74 Å². The Balaban J connectivity index is 1.89. The van der Waals surface area contributed by atoms with Gasteiger partial charge in [-0.15, -0.1) is 0 Å². The molecule has 0 aliphatic carbocycles. The zero-order valence-corrected chi connectivity index (χ0v) is 11.6. The van der Waals surface area contributed by atoms with Crippen LogP contribution in [0.1, 0.15) is 33.1 Å². The molecule has 1 atom stereocenters. The highest BCUT2D eigenvalue weighted by atomic mass is 16.5. The number of ether oxygens (including phenoxy) is 1. The summed E-state index contributed by atoms with van der Waals surface area (Å²) >= 11 is 0. The second-order valence-electron chi connectivity index (χ2n) is 5.18. The monoisotopic (exact) mass is 262 g/mol. The lowest BCUT2D eigenvalue weighted by Gasteiger charge is -2.22. The number of carbonyl (C=O) groups is 1. The van der Waals surface area contributed by atoms with Gasteiger partial charge >= 0.3 is 0 Å². The molecule has 1 aromatic carbocycles. The molecule has 1 aliphatic heterocycles. The van der Waals surface area contributed by atoms with Gasteiger partial charge in [0.2, 0.25) is 5.91 Å². The van der Waals surface area contributed by atoms with Gasteiger partial charge in [-0.3, -0.25) is 4.79 Å². The second-order valence-corrected chi connectivity index (χ2v) is 5.18. The maximum Gasteiger partial charge on any atom is 0.241 e. The molecule has 0 radical (unpaired) electrons. The first kappa shape index (κ1) is 13.9. The molecule has 2 rings (SSSR count). The number of hydrogen-bond acceptors (Lipinski definition) is 3. The molecule has 1 heterocycles. The Morgan fingerprint density at radius 1 is 1.32 bits per heavy atom. The van der Waals surface area contributed by atoms with Crippen molar-refractivity contribution in [3.63, 3.8) is 0 Å². The Bertz CT molecular complexity index is 409. The van der Waals surface area contributed by atoms with Gasteiger partial charge in [0.1, 0.15) is 5.75 Å². The zero-order valence-electron chi connectivity index (χ0n) is 11.6. The van der Waals surface area contributed by atoms with Crippen LogP contribution in [0.4, 0.5) is 5.69 Å². The Hall–Kier alpha value is -1.55. The van der Waals surface area contributed by atoms with Gasteiger partial charge < -0.3 is 15.4 Å². The maximum absolute atomic E-state index is 12.0. The quantitative estimate of drug-likeness (QED) is 0.876. The molecule has 19 heavy (non-hydrogen) atoms. The van der Waals surface area contributed by atoms with Crippen LogP contribution in [0.3, 0.4) is 0 Å². The summed E-state index contributed by atoms with van der Waals surface area (Å²) in [7, 11) is 0. The van der Waals surface area contributed by atoms with E-state index in [2.05, 4.69) is 10.6 Å². The van der Waals surface area contributed by atoms with Crippen LogP contribution in [0.15, 0.2) is 24.3 Å². The van der Waals surface area contributed by atoms with Crippen molar-refractivity contribution in [3.05, 3.63) is 24.3 Å². The Morgan fingerprint density at radius 3 is 2.63 bits per heavy atom. The Morgan fingerprint density at radius 2 is 2.05 bits per heavy atom. The van der Waals surface area contributed by atoms with Crippen LogP contribution in [0.2, 0.25) is 0 Å². The van der Waals surface area contributed by atoms with Gasteiger partial charge in [-0.1, -0.05) is 6.42 Å². The molecule has 2 N–H and O–H groups in total. The third-order valence-electron chi connectivity index (χ3n) is 3.12. The molecule has 1 amide bonds. The molecule has 1 saturated heterocycles. The van der Waals surface area contributed by atoms with Gasteiger partial charge in [-0.25, -0.2) is 0 Å². The van der Waals surface area contributed by atoms with Crippen molar-refractivity contribution in [2.24, 2.45) is 0 Å². The highest BCUT2D eigenvalue weighted by molar-refractivity contribution is 5.94. The maximum atomic E-state index is 12.0. The number of benzene rings is 1. The minimum absolute atomic E-state index is 0.0530. The summed E-state index contributed by atoms with van der Waals surface area (Å²) in [5, 5.41) is 6.18. The number of hydrogen-bond donors (Lipinski definition) is 2. The van der Waals surface area contributed by atoms with Crippen molar-refractivity contribution in [2.45, 2.75) is 45.3 Å². The molecule has 1 aromatic rings. The van der Waals surface area contributed by atoms with E-state index in [-0.39, 0.29) is 18.1 Å². The van der Waals surface area contributed by atoms with Crippen LogP contribution in [-0.4, -0.2) is 24.6 Å². The highest BCUT2D eigenvalue weighted by Gasteiger charge is 2.20. The fourth-order valence-corrected chi connectivity index (χ4v) is 2.19. The summed E-state index contributed by atoms with van der Waals surface area (Å²) in [6.07, 6.45) is 3.35. The average Bonchev–Trinajstić information content (AvgIpc) is 2.41. The molecular formula is C15H22N2O2. The van der Waals surface area contributed by atoms with Gasteiger partial charge in [0, 0.05) is 5.69 Å².